The van der Waals surface area contributed by atoms with E-state index in [4.69, 9.17) is 9.47 Å². The summed E-state index contributed by atoms with van der Waals surface area (Å²) in [6.07, 6.45) is 2.77. The maximum absolute atomic E-state index is 13.0. The van der Waals surface area contributed by atoms with Gasteiger partial charge in [-0.2, -0.15) is 5.10 Å². The molecule has 0 bridgehead atoms. The highest BCUT2D eigenvalue weighted by atomic mass is 16.5. The number of para-hydroxylation sites is 1. The first-order chi connectivity index (χ1) is 15.6. The van der Waals surface area contributed by atoms with E-state index < -0.39 is 0 Å². The fourth-order valence-electron chi connectivity index (χ4n) is 3.19. The van der Waals surface area contributed by atoms with Crippen molar-refractivity contribution in [3.63, 3.8) is 0 Å². The molecule has 0 saturated heterocycles. The minimum atomic E-state index is -0.305. The van der Waals surface area contributed by atoms with Crippen LogP contribution in [0.1, 0.15) is 30.1 Å². The number of hydrogen-bond acceptors (Lipinski definition) is 5. The number of aromatic nitrogens is 2. The molecule has 1 heterocycles. The summed E-state index contributed by atoms with van der Waals surface area (Å²) in [7, 11) is 3.12. The van der Waals surface area contributed by atoms with Crippen molar-refractivity contribution in [2.45, 2.75) is 19.8 Å². The number of rotatable bonds is 10. The molecule has 168 valence electrons. The predicted octanol–water partition coefficient (Wildman–Crippen LogP) is 3.20. The molecule has 0 aliphatic rings. The molecule has 3 rings (SSSR count). The molecular formula is C24H28N4O4. The van der Waals surface area contributed by atoms with Crippen molar-refractivity contribution in [3.8, 4) is 28.4 Å². The average molecular weight is 437 g/mol. The van der Waals surface area contributed by atoms with Crippen molar-refractivity contribution in [3.05, 3.63) is 60.3 Å². The first-order valence-corrected chi connectivity index (χ1v) is 10.5. The van der Waals surface area contributed by atoms with Crippen LogP contribution in [0.3, 0.4) is 0 Å². The molecule has 0 spiro atoms. The molecule has 0 atom stereocenters. The molecule has 8 nitrogen and oxygen atoms in total. The summed E-state index contributed by atoms with van der Waals surface area (Å²) in [6.45, 7) is 2.85. The summed E-state index contributed by atoms with van der Waals surface area (Å²) in [5.74, 6) is 0.730. The van der Waals surface area contributed by atoms with E-state index in [0.717, 1.165) is 12.1 Å². The van der Waals surface area contributed by atoms with Gasteiger partial charge in [0.1, 0.15) is 5.69 Å². The van der Waals surface area contributed by atoms with Crippen LogP contribution in [0.4, 0.5) is 0 Å². The van der Waals surface area contributed by atoms with Gasteiger partial charge in [0, 0.05) is 31.3 Å². The second-order valence-electron chi connectivity index (χ2n) is 7.10. The van der Waals surface area contributed by atoms with Gasteiger partial charge in [-0.25, -0.2) is 4.68 Å². The highest BCUT2D eigenvalue weighted by Crippen LogP contribution is 2.33. The van der Waals surface area contributed by atoms with Crippen LogP contribution in [-0.2, 0) is 4.79 Å². The van der Waals surface area contributed by atoms with Crippen LogP contribution in [0, 0.1) is 0 Å². The monoisotopic (exact) mass is 436 g/mol. The second-order valence-corrected chi connectivity index (χ2v) is 7.10. The van der Waals surface area contributed by atoms with Gasteiger partial charge in [-0.1, -0.05) is 25.1 Å². The Bertz CT molecular complexity index is 1060. The fourth-order valence-corrected chi connectivity index (χ4v) is 3.19. The van der Waals surface area contributed by atoms with Crippen molar-refractivity contribution in [2.75, 3.05) is 27.3 Å². The summed E-state index contributed by atoms with van der Waals surface area (Å²) in [6, 6.07) is 14.9. The van der Waals surface area contributed by atoms with Crippen LogP contribution >= 0.6 is 0 Å². The van der Waals surface area contributed by atoms with Gasteiger partial charge in [0.15, 0.2) is 11.5 Å². The Labute approximate surface area is 187 Å². The number of ether oxygens (including phenoxy) is 2. The van der Waals surface area contributed by atoms with E-state index >= 15 is 0 Å². The van der Waals surface area contributed by atoms with Crippen LogP contribution in [0.5, 0.6) is 11.5 Å². The molecule has 32 heavy (non-hydrogen) atoms. The Morgan fingerprint density at radius 1 is 0.969 bits per heavy atom. The lowest BCUT2D eigenvalue weighted by Crippen LogP contribution is -2.31. The number of nitrogens with one attached hydrogen (secondary N) is 2. The smallest absolute Gasteiger partial charge is 0.255 e. The van der Waals surface area contributed by atoms with Gasteiger partial charge in [-0.05, 0) is 36.8 Å². The van der Waals surface area contributed by atoms with E-state index in [-0.39, 0.29) is 24.8 Å². The lowest BCUT2D eigenvalue weighted by Gasteiger charge is -2.10. The van der Waals surface area contributed by atoms with Crippen LogP contribution in [0.25, 0.3) is 16.9 Å². The Hall–Kier alpha value is -3.81. The summed E-state index contributed by atoms with van der Waals surface area (Å²) in [4.78, 5) is 24.8. The van der Waals surface area contributed by atoms with Gasteiger partial charge in [0.2, 0.25) is 5.91 Å². The molecule has 0 aliphatic heterocycles. The fraction of sp³-hybridized carbons (Fsp3) is 0.292. The van der Waals surface area contributed by atoms with Gasteiger partial charge in [-0.15, -0.1) is 0 Å². The van der Waals surface area contributed by atoms with Crippen LogP contribution in [0.2, 0.25) is 0 Å². The third kappa shape index (κ3) is 5.46. The van der Waals surface area contributed by atoms with E-state index in [1.807, 2.05) is 43.3 Å². The van der Waals surface area contributed by atoms with E-state index in [1.165, 1.54) is 0 Å². The maximum Gasteiger partial charge on any atom is 0.255 e. The standard InChI is InChI=1S/C24H28N4O4/c1-4-13-25-22(29)12-14-26-24(30)19-16-28(18-8-6-5-7-9-18)27-23(19)17-10-11-20(31-2)21(15-17)32-3/h5-11,15-16H,4,12-14H2,1-3H3,(H,25,29)(H,26,30). The summed E-state index contributed by atoms with van der Waals surface area (Å²) in [5.41, 5.74) is 2.44. The number of hydrogen-bond donors (Lipinski definition) is 2. The van der Waals surface area contributed by atoms with Gasteiger partial charge in [0.05, 0.1) is 25.5 Å². The lowest BCUT2D eigenvalue weighted by atomic mass is 10.1. The maximum atomic E-state index is 13.0. The van der Waals surface area contributed by atoms with Crippen molar-refractivity contribution in [2.24, 2.45) is 0 Å². The Morgan fingerprint density at radius 2 is 1.72 bits per heavy atom. The summed E-state index contributed by atoms with van der Waals surface area (Å²) in [5, 5.41) is 10.3. The van der Waals surface area contributed by atoms with Crippen molar-refractivity contribution in [1.29, 1.82) is 0 Å². The number of carbonyl (C=O) groups is 2. The third-order valence-corrected chi connectivity index (χ3v) is 4.85. The van der Waals surface area contributed by atoms with Gasteiger partial charge >= 0.3 is 0 Å². The molecular weight excluding hydrogens is 408 g/mol. The second kappa shape index (κ2) is 11.0. The molecule has 0 fully saturated rings. The molecule has 3 aromatic rings. The normalized spacial score (nSPS) is 10.5. The first kappa shape index (κ1) is 22.9. The Balaban J connectivity index is 1.89. The zero-order valence-corrected chi connectivity index (χ0v) is 18.6. The molecule has 2 N–H and O–H groups in total. The van der Waals surface area contributed by atoms with E-state index in [1.54, 1.807) is 37.2 Å². The highest BCUT2D eigenvalue weighted by Gasteiger charge is 2.20. The first-order valence-electron chi connectivity index (χ1n) is 10.5. The molecule has 8 heteroatoms. The lowest BCUT2D eigenvalue weighted by molar-refractivity contribution is -0.120. The van der Waals surface area contributed by atoms with Crippen molar-refractivity contribution < 1.29 is 19.1 Å². The van der Waals surface area contributed by atoms with Gasteiger partial charge in [0.25, 0.3) is 5.91 Å². The number of benzene rings is 2. The molecule has 0 unspecified atom stereocenters. The molecule has 2 amide bonds. The predicted molar refractivity (Wildman–Crippen MR) is 122 cm³/mol. The van der Waals surface area contributed by atoms with Crippen LogP contribution in [-0.4, -0.2) is 48.9 Å². The van der Waals surface area contributed by atoms with E-state index in [9.17, 15) is 9.59 Å². The molecule has 1 aromatic heterocycles. The largest absolute Gasteiger partial charge is 0.493 e. The molecule has 0 radical (unpaired) electrons. The van der Waals surface area contributed by atoms with Crippen molar-refractivity contribution >= 4 is 11.8 Å². The molecule has 0 aliphatic carbocycles. The Kier molecular flexibility index (Phi) is 7.85. The molecule has 2 aromatic carbocycles. The SMILES string of the molecule is CCCNC(=O)CCNC(=O)c1cn(-c2ccccc2)nc1-c1ccc(OC)c(OC)c1. The third-order valence-electron chi connectivity index (χ3n) is 4.85. The summed E-state index contributed by atoms with van der Waals surface area (Å²) >= 11 is 0. The van der Waals surface area contributed by atoms with E-state index in [0.29, 0.717) is 34.9 Å². The number of nitrogens with zero attached hydrogens (tertiary/aromatic N) is 2. The van der Waals surface area contributed by atoms with E-state index in [2.05, 4.69) is 15.7 Å². The zero-order valence-electron chi connectivity index (χ0n) is 18.6. The average Bonchev–Trinajstić information content (AvgIpc) is 3.28. The number of carbonyl (C=O) groups excluding carboxylic acids is 2. The topological polar surface area (TPSA) is 94.5 Å². The van der Waals surface area contributed by atoms with Gasteiger partial charge < -0.3 is 20.1 Å². The van der Waals surface area contributed by atoms with Crippen molar-refractivity contribution in [1.82, 2.24) is 20.4 Å². The van der Waals surface area contributed by atoms with Gasteiger partial charge in [-0.3, -0.25) is 9.59 Å². The molecule has 0 saturated carbocycles. The highest BCUT2D eigenvalue weighted by molar-refractivity contribution is 6.00. The minimum absolute atomic E-state index is 0.0905. The van der Waals surface area contributed by atoms with Crippen LogP contribution < -0.4 is 20.1 Å². The number of methoxy groups -OCH3 is 2. The zero-order chi connectivity index (χ0) is 22.9. The Morgan fingerprint density at radius 3 is 2.41 bits per heavy atom. The summed E-state index contributed by atoms with van der Waals surface area (Å²) < 4.78 is 12.4. The van der Waals surface area contributed by atoms with Crippen LogP contribution in [0.15, 0.2) is 54.7 Å². The minimum Gasteiger partial charge on any atom is -0.493 e. The number of amides is 2. The quantitative estimate of drug-likeness (QED) is 0.509.